The monoisotopic (exact) mass is 312 g/mol. The molecule has 0 aliphatic carbocycles. The zero-order valence-corrected chi connectivity index (χ0v) is 12.8. The Morgan fingerprint density at radius 1 is 1.35 bits per heavy atom. The molecule has 0 amide bonds. The highest BCUT2D eigenvalue weighted by Crippen LogP contribution is 2.17. The molecule has 0 spiro atoms. The Bertz CT molecular complexity index is 856. The van der Waals surface area contributed by atoms with Gasteiger partial charge in [-0.25, -0.2) is 14.3 Å². The number of ether oxygens (including phenoxy) is 1. The van der Waals surface area contributed by atoms with Crippen LogP contribution < -0.4 is 10.1 Å². The number of imidazole rings is 1. The first-order valence-electron chi connectivity index (χ1n) is 7.04. The lowest BCUT2D eigenvalue weighted by Crippen LogP contribution is -2.09. The first-order valence-corrected chi connectivity index (χ1v) is 7.04. The Hall–Kier alpha value is -3.09. The van der Waals surface area contributed by atoms with Crippen LogP contribution in [-0.4, -0.2) is 32.8 Å². The van der Waals surface area contributed by atoms with E-state index in [4.69, 9.17) is 9.84 Å². The zero-order chi connectivity index (χ0) is 16.4. The highest BCUT2D eigenvalue weighted by Gasteiger charge is 2.13. The summed E-state index contributed by atoms with van der Waals surface area (Å²) in [5, 5.41) is 16.7. The fraction of sp³-hybridized carbons (Fsp3) is 0.188. The van der Waals surface area contributed by atoms with Crippen molar-refractivity contribution < 1.29 is 14.6 Å². The zero-order valence-electron chi connectivity index (χ0n) is 12.8. The predicted octanol–water partition coefficient (Wildman–Crippen LogP) is 2.36. The average molecular weight is 312 g/mol. The number of nitrogens with zero attached hydrogens (tertiary/aromatic N) is 3. The molecule has 0 atom stereocenters. The van der Waals surface area contributed by atoms with Crippen molar-refractivity contribution in [2.75, 3.05) is 12.4 Å². The molecule has 118 valence electrons. The number of aromatic carboxylic acids is 1. The van der Waals surface area contributed by atoms with Gasteiger partial charge in [0.1, 0.15) is 11.6 Å². The summed E-state index contributed by atoms with van der Waals surface area (Å²) in [6, 6.07) is 9.49. The molecule has 2 N–H and O–H groups in total. The van der Waals surface area contributed by atoms with Crippen molar-refractivity contribution in [1.29, 1.82) is 0 Å². The van der Waals surface area contributed by atoms with E-state index in [1.165, 1.54) is 10.7 Å². The van der Waals surface area contributed by atoms with Crippen LogP contribution in [0.1, 0.15) is 21.6 Å². The summed E-state index contributed by atoms with van der Waals surface area (Å²) >= 11 is 0. The van der Waals surface area contributed by atoms with Gasteiger partial charge in [-0.3, -0.25) is 0 Å². The summed E-state index contributed by atoms with van der Waals surface area (Å²) in [5.41, 5.74) is 2.51. The normalized spacial score (nSPS) is 10.7. The summed E-state index contributed by atoms with van der Waals surface area (Å²) in [6.45, 7) is 2.47. The standard InChI is InChI=1S/C16H16N4O3/c1-10-7-14-17-9-13(16(21)22)20(14)19-15(10)18-8-11-3-5-12(23-2)6-4-11/h3-7,9H,8H2,1-2H3,(H,18,19)(H,21,22). The maximum Gasteiger partial charge on any atom is 0.356 e. The molecule has 0 aliphatic rings. The molecule has 2 heterocycles. The second-order valence-electron chi connectivity index (χ2n) is 5.10. The van der Waals surface area contributed by atoms with Gasteiger partial charge in [0, 0.05) is 6.54 Å². The van der Waals surface area contributed by atoms with Crippen LogP contribution in [-0.2, 0) is 6.54 Å². The van der Waals surface area contributed by atoms with Crippen LogP contribution in [0, 0.1) is 6.92 Å². The Kier molecular flexibility index (Phi) is 3.84. The van der Waals surface area contributed by atoms with Crippen molar-refractivity contribution in [1.82, 2.24) is 14.6 Å². The Morgan fingerprint density at radius 2 is 2.09 bits per heavy atom. The number of carboxylic acids is 1. The van der Waals surface area contributed by atoms with Crippen molar-refractivity contribution in [3.63, 3.8) is 0 Å². The Balaban J connectivity index is 1.85. The van der Waals surface area contributed by atoms with Crippen molar-refractivity contribution in [3.8, 4) is 5.75 Å². The summed E-state index contributed by atoms with van der Waals surface area (Å²) in [4.78, 5) is 15.2. The second-order valence-corrected chi connectivity index (χ2v) is 5.10. The van der Waals surface area contributed by atoms with E-state index in [9.17, 15) is 4.79 Å². The number of carboxylic acid groups (broad SMARTS) is 1. The van der Waals surface area contributed by atoms with Crippen LogP contribution in [0.3, 0.4) is 0 Å². The molecule has 0 saturated carbocycles. The molecular weight excluding hydrogens is 296 g/mol. The van der Waals surface area contributed by atoms with E-state index in [-0.39, 0.29) is 5.69 Å². The predicted molar refractivity (Wildman–Crippen MR) is 85.0 cm³/mol. The van der Waals surface area contributed by atoms with E-state index in [1.54, 1.807) is 13.2 Å². The third-order valence-electron chi connectivity index (χ3n) is 3.52. The van der Waals surface area contributed by atoms with Gasteiger partial charge in [0.15, 0.2) is 11.3 Å². The van der Waals surface area contributed by atoms with E-state index in [2.05, 4.69) is 15.4 Å². The first-order chi connectivity index (χ1) is 11.1. The van der Waals surface area contributed by atoms with Gasteiger partial charge in [0.2, 0.25) is 0 Å². The second kappa shape index (κ2) is 5.96. The topological polar surface area (TPSA) is 88.8 Å². The number of carbonyl (C=O) groups is 1. The van der Waals surface area contributed by atoms with Gasteiger partial charge in [-0.15, -0.1) is 5.10 Å². The summed E-state index contributed by atoms with van der Waals surface area (Å²) < 4.78 is 6.45. The Morgan fingerprint density at radius 3 is 2.74 bits per heavy atom. The number of aryl methyl sites for hydroxylation is 1. The van der Waals surface area contributed by atoms with E-state index < -0.39 is 5.97 Å². The van der Waals surface area contributed by atoms with Gasteiger partial charge in [-0.1, -0.05) is 12.1 Å². The van der Waals surface area contributed by atoms with Crippen LogP contribution in [0.15, 0.2) is 36.5 Å². The summed E-state index contributed by atoms with van der Waals surface area (Å²) in [6.07, 6.45) is 1.30. The molecular formula is C16H16N4O3. The van der Waals surface area contributed by atoms with E-state index in [0.29, 0.717) is 18.0 Å². The molecule has 3 rings (SSSR count). The quantitative estimate of drug-likeness (QED) is 0.752. The molecule has 0 unspecified atom stereocenters. The van der Waals surface area contributed by atoms with Crippen LogP contribution >= 0.6 is 0 Å². The number of rotatable bonds is 5. The fourth-order valence-electron chi connectivity index (χ4n) is 2.25. The third kappa shape index (κ3) is 2.94. The molecule has 1 aromatic carbocycles. The first kappa shape index (κ1) is 14.8. The molecule has 23 heavy (non-hydrogen) atoms. The molecule has 0 aliphatic heterocycles. The number of anilines is 1. The van der Waals surface area contributed by atoms with Gasteiger partial charge >= 0.3 is 5.97 Å². The lowest BCUT2D eigenvalue weighted by atomic mass is 10.2. The molecule has 0 fully saturated rings. The van der Waals surface area contributed by atoms with Crippen LogP contribution in [0.2, 0.25) is 0 Å². The molecule has 7 heteroatoms. The number of aromatic nitrogens is 3. The molecule has 0 bridgehead atoms. The van der Waals surface area contributed by atoms with Crippen molar-refractivity contribution in [2.24, 2.45) is 0 Å². The van der Waals surface area contributed by atoms with E-state index in [1.807, 2.05) is 31.2 Å². The largest absolute Gasteiger partial charge is 0.497 e. The highest BCUT2D eigenvalue weighted by atomic mass is 16.5. The van der Waals surface area contributed by atoms with Crippen molar-refractivity contribution in [2.45, 2.75) is 13.5 Å². The fourth-order valence-corrected chi connectivity index (χ4v) is 2.25. The van der Waals surface area contributed by atoms with Gasteiger partial charge < -0.3 is 15.2 Å². The van der Waals surface area contributed by atoms with Gasteiger partial charge in [-0.05, 0) is 36.2 Å². The molecule has 3 aromatic rings. The molecule has 2 aromatic heterocycles. The minimum absolute atomic E-state index is 0.0347. The maximum atomic E-state index is 11.2. The summed E-state index contributed by atoms with van der Waals surface area (Å²) in [5.74, 6) is 0.359. The number of nitrogens with one attached hydrogen (secondary N) is 1. The lowest BCUT2D eigenvalue weighted by molar-refractivity contribution is 0.0688. The van der Waals surface area contributed by atoms with Crippen LogP contribution in [0.4, 0.5) is 5.82 Å². The van der Waals surface area contributed by atoms with Crippen molar-refractivity contribution >= 4 is 17.4 Å². The minimum Gasteiger partial charge on any atom is -0.497 e. The highest BCUT2D eigenvalue weighted by molar-refractivity contribution is 5.86. The molecule has 0 radical (unpaired) electrons. The van der Waals surface area contributed by atoms with Crippen LogP contribution in [0.25, 0.3) is 5.65 Å². The third-order valence-corrected chi connectivity index (χ3v) is 3.52. The lowest BCUT2D eigenvalue weighted by Gasteiger charge is -2.10. The van der Waals surface area contributed by atoms with Gasteiger partial charge in [0.05, 0.1) is 13.3 Å². The SMILES string of the molecule is COc1ccc(CNc2nn3c(C(=O)O)cnc3cc2C)cc1. The summed E-state index contributed by atoms with van der Waals surface area (Å²) in [7, 11) is 1.63. The number of methoxy groups -OCH3 is 1. The van der Waals surface area contributed by atoms with Crippen molar-refractivity contribution in [3.05, 3.63) is 53.3 Å². The van der Waals surface area contributed by atoms with Gasteiger partial charge in [0.25, 0.3) is 0 Å². The number of fused-ring (bicyclic) bond motifs is 1. The molecule has 7 nitrogen and oxygen atoms in total. The number of hydrogen-bond donors (Lipinski definition) is 2. The van der Waals surface area contributed by atoms with Crippen LogP contribution in [0.5, 0.6) is 5.75 Å². The van der Waals surface area contributed by atoms with E-state index >= 15 is 0 Å². The number of benzene rings is 1. The minimum atomic E-state index is -1.06. The Labute approximate surface area is 132 Å². The average Bonchev–Trinajstić information content (AvgIpc) is 2.96. The smallest absolute Gasteiger partial charge is 0.356 e. The maximum absolute atomic E-state index is 11.2. The van der Waals surface area contributed by atoms with Gasteiger partial charge in [-0.2, -0.15) is 0 Å². The molecule has 0 saturated heterocycles. The van der Waals surface area contributed by atoms with E-state index in [0.717, 1.165) is 16.9 Å². The number of hydrogen-bond acceptors (Lipinski definition) is 5.